The van der Waals surface area contributed by atoms with Gasteiger partial charge in [0.1, 0.15) is 0 Å². The minimum absolute atomic E-state index is 0.0305. The second-order valence-corrected chi connectivity index (χ2v) is 12.6. The number of urea groups is 2. The molecule has 5 unspecified atom stereocenters. The van der Waals surface area contributed by atoms with Gasteiger partial charge in [0.25, 0.3) is 5.91 Å². The Kier molecular flexibility index (Phi) is 7.33. The maximum absolute atomic E-state index is 13.3. The molecule has 5 aliphatic rings. The predicted octanol–water partition coefficient (Wildman–Crippen LogP) is 2.75. The Morgan fingerprint density at radius 3 is 2.03 bits per heavy atom. The summed E-state index contributed by atoms with van der Waals surface area (Å²) in [5, 5.41) is 20.3. The second kappa shape index (κ2) is 10.4. The van der Waals surface area contributed by atoms with Gasteiger partial charge in [-0.15, -0.1) is 0 Å². The fraction of sp³-hybridized carbons (Fsp3) is 0.690. The summed E-state index contributed by atoms with van der Waals surface area (Å²) < 4.78 is 0. The number of benzene rings is 1. The van der Waals surface area contributed by atoms with Crippen LogP contribution in [0, 0.1) is 29.6 Å². The van der Waals surface area contributed by atoms with Gasteiger partial charge in [0.2, 0.25) is 0 Å². The summed E-state index contributed by atoms with van der Waals surface area (Å²) in [6.45, 7) is 3.75. The third kappa shape index (κ3) is 4.97. The van der Waals surface area contributed by atoms with E-state index in [1.54, 1.807) is 0 Å². The SMILES string of the molecule is CC(NC(N)=O)C1CCC(O)C(c2ccc(C(=O)NC3C4CC5CC(C4)CC3C5)cc2)(C(C)NC(N)=O)C1. The van der Waals surface area contributed by atoms with Gasteiger partial charge in [-0.2, -0.15) is 0 Å². The standard InChI is InChI=1S/C29H43N5O4/c1-15(32-27(30)37)20-5-8-24(35)29(14-20,16(2)33-28(31)38)23-6-3-19(4-7-23)26(36)34-25-21-10-17-9-18(12-21)13-22(25)11-17/h3-4,6-7,15-18,20-22,24-25,35H,5,8-14H2,1-2H3,(H,34,36)(H3,30,32,37)(H3,31,33,38). The fourth-order valence-electron chi connectivity index (χ4n) is 8.77. The maximum Gasteiger partial charge on any atom is 0.312 e. The number of nitrogens with one attached hydrogen (secondary N) is 3. The Morgan fingerprint density at radius 2 is 1.47 bits per heavy atom. The monoisotopic (exact) mass is 525 g/mol. The molecule has 5 amide bonds. The Morgan fingerprint density at radius 1 is 0.895 bits per heavy atom. The zero-order valence-electron chi connectivity index (χ0n) is 22.5. The first-order valence-corrected chi connectivity index (χ1v) is 14.3. The van der Waals surface area contributed by atoms with Crippen molar-refractivity contribution < 1.29 is 19.5 Å². The minimum Gasteiger partial charge on any atom is -0.392 e. The van der Waals surface area contributed by atoms with Crippen molar-refractivity contribution in [1.82, 2.24) is 16.0 Å². The molecule has 0 saturated heterocycles. The molecule has 9 nitrogen and oxygen atoms in total. The molecule has 1 aromatic rings. The highest BCUT2D eigenvalue weighted by Gasteiger charge is 2.51. The van der Waals surface area contributed by atoms with E-state index >= 15 is 0 Å². The van der Waals surface area contributed by atoms with Crippen molar-refractivity contribution in [2.45, 2.75) is 94.9 Å². The summed E-state index contributed by atoms with van der Waals surface area (Å²) >= 11 is 0. The van der Waals surface area contributed by atoms with Gasteiger partial charge >= 0.3 is 12.1 Å². The first-order valence-electron chi connectivity index (χ1n) is 14.3. The lowest BCUT2D eigenvalue weighted by atomic mass is 9.54. The Bertz CT molecular complexity index is 1030. The first kappa shape index (κ1) is 26.8. The molecule has 0 heterocycles. The number of primary amides is 2. The van der Waals surface area contributed by atoms with Crippen molar-refractivity contribution in [2.24, 2.45) is 41.1 Å². The van der Waals surface area contributed by atoms with Gasteiger partial charge in [-0.05, 0) is 112 Å². The van der Waals surface area contributed by atoms with Gasteiger partial charge < -0.3 is 32.5 Å². The molecule has 0 aromatic heterocycles. The number of rotatable bonds is 7. The molecule has 1 aromatic carbocycles. The van der Waals surface area contributed by atoms with E-state index in [4.69, 9.17) is 11.5 Å². The quantitative estimate of drug-likeness (QED) is 0.323. The summed E-state index contributed by atoms with van der Waals surface area (Å²) in [5.74, 6) is 2.88. The predicted molar refractivity (Wildman–Crippen MR) is 144 cm³/mol. The van der Waals surface area contributed by atoms with E-state index in [1.807, 2.05) is 38.1 Å². The number of carbonyl (C=O) groups is 3. The van der Waals surface area contributed by atoms with Gasteiger partial charge in [0.15, 0.2) is 0 Å². The highest BCUT2D eigenvalue weighted by molar-refractivity contribution is 5.94. The average molecular weight is 526 g/mol. The molecule has 5 fully saturated rings. The van der Waals surface area contributed by atoms with Crippen LogP contribution in [0.5, 0.6) is 0 Å². The molecule has 9 heteroatoms. The number of carbonyl (C=O) groups excluding carboxylic acids is 3. The maximum atomic E-state index is 13.3. The van der Waals surface area contributed by atoms with Crippen molar-refractivity contribution in [3.05, 3.63) is 35.4 Å². The molecule has 0 spiro atoms. The van der Waals surface area contributed by atoms with Crippen molar-refractivity contribution in [2.75, 3.05) is 0 Å². The lowest BCUT2D eigenvalue weighted by Gasteiger charge is -2.54. The van der Waals surface area contributed by atoms with Crippen LogP contribution in [0.2, 0.25) is 0 Å². The van der Waals surface area contributed by atoms with Crippen LogP contribution in [-0.2, 0) is 5.41 Å². The van der Waals surface area contributed by atoms with Crippen LogP contribution in [0.1, 0.15) is 81.1 Å². The first-order chi connectivity index (χ1) is 18.1. The van der Waals surface area contributed by atoms with E-state index in [2.05, 4.69) is 16.0 Å². The van der Waals surface area contributed by atoms with E-state index in [0.29, 0.717) is 36.7 Å². The lowest BCUT2D eigenvalue weighted by Crippen LogP contribution is -2.60. The molecule has 5 aliphatic carbocycles. The van der Waals surface area contributed by atoms with Gasteiger partial charge in [0.05, 0.1) is 6.10 Å². The van der Waals surface area contributed by atoms with Crippen molar-refractivity contribution in [1.29, 1.82) is 0 Å². The van der Waals surface area contributed by atoms with Crippen molar-refractivity contribution in [3.8, 4) is 0 Å². The largest absolute Gasteiger partial charge is 0.392 e. The number of amides is 5. The number of aliphatic hydroxyl groups is 1. The van der Waals surface area contributed by atoms with E-state index in [1.165, 1.54) is 32.1 Å². The molecule has 6 rings (SSSR count). The van der Waals surface area contributed by atoms with Crippen molar-refractivity contribution >= 4 is 18.0 Å². The summed E-state index contributed by atoms with van der Waals surface area (Å²) in [4.78, 5) is 36.6. The van der Waals surface area contributed by atoms with Crippen LogP contribution in [0.15, 0.2) is 24.3 Å². The molecule has 38 heavy (non-hydrogen) atoms. The van der Waals surface area contributed by atoms with E-state index < -0.39 is 29.6 Å². The molecule has 4 bridgehead atoms. The summed E-state index contributed by atoms with van der Waals surface area (Å²) in [6, 6.07) is 5.75. The normalized spacial score (nSPS) is 37.2. The number of hydrogen-bond donors (Lipinski definition) is 6. The third-order valence-corrected chi connectivity index (χ3v) is 10.4. The molecule has 8 N–H and O–H groups in total. The number of hydrogen-bond acceptors (Lipinski definition) is 4. The molecular weight excluding hydrogens is 482 g/mol. The van der Waals surface area contributed by atoms with Crippen LogP contribution >= 0.6 is 0 Å². The molecule has 5 atom stereocenters. The Labute approximate surface area is 224 Å². The Hall–Kier alpha value is -2.81. The summed E-state index contributed by atoms with van der Waals surface area (Å²) in [7, 11) is 0. The van der Waals surface area contributed by atoms with Gasteiger partial charge in [-0.3, -0.25) is 4.79 Å². The average Bonchev–Trinajstić information content (AvgIpc) is 2.85. The molecular formula is C29H43N5O4. The van der Waals surface area contributed by atoms with Crippen molar-refractivity contribution in [3.63, 3.8) is 0 Å². The molecule has 5 saturated carbocycles. The third-order valence-electron chi connectivity index (χ3n) is 10.4. The highest BCUT2D eigenvalue weighted by Crippen LogP contribution is 2.53. The highest BCUT2D eigenvalue weighted by atomic mass is 16.3. The van der Waals surface area contributed by atoms with E-state index in [-0.39, 0.29) is 23.9 Å². The molecule has 0 aliphatic heterocycles. The number of aliphatic hydroxyl groups excluding tert-OH is 1. The fourth-order valence-corrected chi connectivity index (χ4v) is 8.77. The lowest BCUT2D eigenvalue weighted by molar-refractivity contribution is -0.0119. The van der Waals surface area contributed by atoms with Gasteiger partial charge in [0, 0.05) is 29.1 Å². The minimum atomic E-state index is -0.845. The Balaban J connectivity index is 1.37. The van der Waals surface area contributed by atoms with Crippen LogP contribution in [0.25, 0.3) is 0 Å². The van der Waals surface area contributed by atoms with Crippen LogP contribution in [0.4, 0.5) is 9.59 Å². The smallest absolute Gasteiger partial charge is 0.312 e. The summed E-state index contributed by atoms with van der Waals surface area (Å²) in [5.41, 5.74) is 11.4. The number of nitrogens with two attached hydrogens (primary N) is 2. The van der Waals surface area contributed by atoms with E-state index in [9.17, 15) is 19.5 Å². The molecule has 0 radical (unpaired) electrons. The summed E-state index contributed by atoms with van der Waals surface area (Å²) in [6.07, 6.45) is 7.32. The van der Waals surface area contributed by atoms with Gasteiger partial charge in [-0.25, -0.2) is 9.59 Å². The van der Waals surface area contributed by atoms with Crippen LogP contribution in [-0.4, -0.2) is 47.3 Å². The van der Waals surface area contributed by atoms with Crippen LogP contribution < -0.4 is 27.4 Å². The van der Waals surface area contributed by atoms with E-state index in [0.717, 1.165) is 17.4 Å². The van der Waals surface area contributed by atoms with Crippen LogP contribution in [0.3, 0.4) is 0 Å². The van der Waals surface area contributed by atoms with Gasteiger partial charge in [-0.1, -0.05) is 12.1 Å². The molecule has 208 valence electrons. The zero-order chi connectivity index (χ0) is 27.2. The second-order valence-electron chi connectivity index (χ2n) is 12.6. The zero-order valence-corrected chi connectivity index (χ0v) is 22.5. The topological polar surface area (TPSA) is 160 Å².